The highest BCUT2D eigenvalue weighted by Crippen LogP contribution is 2.44. The van der Waals surface area contributed by atoms with Crippen LogP contribution in [0.25, 0.3) is 0 Å². The average Bonchev–Trinajstić information content (AvgIpc) is 2.97. The third-order valence-electron chi connectivity index (χ3n) is 3.53. The van der Waals surface area contributed by atoms with Gasteiger partial charge in [0, 0.05) is 5.92 Å². The lowest BCUT2D eigenvalue weighted by atomic mass is 9.87. The number of nitrogens with two attached hydrogens (primary N) is 1. The third-order valence-corrected chi connectivity index (χ3v) is 3.53. The summed E-state index contributed by atoms with van der Waals surface area (Å²) >= 11 is 0. The Kier molecular flexibility index (Phi) is 3.97. The SMILES string of the molecule is C=C/C(=C\C=C(/C)C(C)(C)C)C1CC1C(N)=O. The lowest BCUT2D eigenvalue weighted by Crippen LogP contribution is -2.14. The standard InChI is InChI=1S/C15H23NO/c1-6-11(12-9-13(12)14(16)17)8-7-10(2)15(3,4)5/h6-8,12-13H,1,9H2,2-5H3,(H2,16,17)/b10-7+,11-8+. The first kappa shape index (κ1) is 13.8. The van der Waals surface area contributed by atoms with Crippen molar-refractivity contribution in [2.45, 2.75) is 34.1 Å². The molecular formula is C15H23NO. The third kappa shape index (κ3) is 3.58. The number of carbonyl (C=O) groups excluding carboxylic acids is 1. The summed E-state index contributed by atoms with van der Waals surface area (Å²) < 4.78 is 0. The van der Waals surface area contributed by atoms with Crippen molar-refractivity contribution in [2.24, 2.45) is 23.0 Å². The second-order valence-corrected chi connectivity index (χ2v) is 5.82. The van der Waals surface area contributed by atoms with Gasteiger partial charge in [0.2, 0.25) is 5.91 Å². The van der Waals surface area contributed by atoms with Crippen LogP contribution in [0.3, 0.4) is 0 Å². The highest BCUT2D eigenvalue weighted by Gasteiger charge is 2.42. The van der Waals surface area contributed by atoms with Crippen LogP contribution in [0.5, 0.6) is 0 Å². The van der Waals surface area contributed by atoms with Crippen LogP contribution in [0, 0.1) is 17.3 Å². The average molecular weight is 233 g/mol. The predicted molar refractivity (Wildman–Crippen MR) is 72.3 cm³/mol. The van der Waals surface area contributed by atoms with Crippen LogP contribution >= 0.6 is 0 Å². The zero-order valence-electron chi connectivity index (χ0n) is 11.3. The summed E-state index contributed by atoms with van der Waals surface area (Å²) in [6, 6.07) is 0. The molecule has 1 saturated carbocycles. The fourth-order valence-electron chi connectivity index (χ4n) is 1.69. The van der Waals surface area contributed by atoms with Crippen LogP contribution in [0.15, 0.2) is 36.0 Å². The second kappa shape index (κ2) is 4.91. The Morgan fingerprint density at radius 3 is 2.24 bits per heavy atom. The summed E-state index contributed by atoms with van der Waals surface area (Å²) in [4.78, 5) is 11.0. The summed E-state index contributed by atoms with van der Waals surface area (Å²) in [5, 5.41) is 0. The van der Waals surface area contributed by atoms with Crippen molar-refractivity contribution < 1.29 is 4.79 Å². The Morgan fingerprint density at radius 1 is 1.29 bits per heavy atom. The van der Waals surface area contributed by atoms with E-state index in [2.05, 4.69) is 46.4 Å². The topological polar surface area (TPSA) is 43.1 Å². The van der Waals surface area contributed by atoms with E-state index in [1.807, 2.05) is 6.08 Å². The van der Waals surface area contributed by atoms with Gasteiger partial charge in [-0.3, -0.25) is 4.79 Å². The molecule has 2 unspecified atom stereocenters. The van der Waals surface area contributed by atoms with E-state index in [0.29, 0.717) is 0 Å². The molecule has 1 aliphatic carbocycles. The van der Waals surface area contributed by atoms with Crippen LogP contribution in [0.1, 0.15) is 34.1 Å². The zero-order valence-corrected chi connectivity index (χ0v) is 11.3. The summed E-state index contributed by atoms with van der Waals surface area (Å²) in [7, 11) is 0. The van der Waals surface area contributed by atoms with E-state index < -0.39 is 0 Å². The molecule has 0 aromatic heterocycles. The Hall–Kier alpha value is -1.31. The molecule has 2 N–H and O–H groups in total. The van der Waals surface area contributed by atoms with E-state index in [4.69, 9.17) is 5.73 Å². The molecule has 0 aliphatic heterocycles. The van der Waals surface area contributed by atoms with Crippen molar-refractivity contribution in [1.29, 1.82) is 0 Å². The molecule has 17 heavy (non-hydrogen) atoms. The number of amides is 1. The summed E-state index contributed by atoms with van der Waals surface area (Å²) in [5.41, 5.74) is 7.90. The van der Waals surface area contributed by atoms with Crippen LogP contribution in [0.4, 0.5) is 0 Å². The van der Waals surface area contributed by atoms with Gasteiger partial charge in [-0.1, -0.05) is 51.2 Å². The van der Waals surface area contributed by atoms with Gasteiger partial charge in [-0.15, -0.1) is 0 Å². The normalized spacial score (nSPS) is 25.6. The van der Waals surface area contributed by atoms with Crippen molar-refractivity contribution in [2.75, 3.05) is 0 Å². The quantitative estimate of drug-likeness (QED) is 0.744. The maximum absolute atomic E-state index is 11.0. The maximum Gasteiger partial charge on any atom is 0.221 e. The molecule has 1 rings (SSSR count). The Morgan fingerprint density at radius 2 is 1.88 bits per heavy atom. The first-order valence-corrected chi connectivity index (χ1v) is 6.08. The number of hydrogen-bond acceptors (Lipinski definition) is 1. The van der Waals surface area contributed by atoms with E-state index >= 15 is 0 Å². The molecule has 0 spiro atoms. The zero-order chi connectivity index (χ0) is 13.2. The van der Waals surface area contributed by atoms with E-state index in [1.54, 1.807) is 0 Å². The van der Waals surface area contributed by atoms with Crippen molar-refractivity contribution in [3.05, 3.63) is 36.0 Å². The molecule has 0 radical (unpaired) electrons. The minimum absolute atomic E-state index is 0.0163. The van der Waals surface area contributed by atoms with Crippen molar-refractivity contribution in [3.8, 4) is 0 Å². The Balaban J connectivity index is 2.77. The van der Waals surface area contributed by atoms with E-state index in [0.717, 1.165) is 12.0 Å². The van der Waals surface area contributed by atoms with Gasteiger partial charge in [0.15, 0.2) is 0 Å². The monoisotopic (exact) mass is 233 g/mol. The van der Waals surface area contributed by atoms with Crippen LogP contribution in [-0.4, -0.2) is 5.91 Å². The molecule has 0 aromatic rings. The van der Waals surface area contributed by atoms with Gasteiger partial charge in [0.1, 0.15) is 0 Å². The lowest BCUT2D eigenvalue weighted by Gasteiger charge is -2.18. The smallest absolute Gasteiger partial charge is 0.221 e. The van der Waals surface area contributed by atoms with Gasteiger partial charge in [-0.05, 0) is 30.3 Å². The molecule has 94 valence electrons. The van der Waals surface area contributed by atoms with Gasteiger partial charge in [-0.2, -0.15) is 0 Å². The molecule has 2 nitrogen and oxygen atoms in total. The van der Waals surface area contributed by atoms with Gasteiger partial charge in [0.25, 0.3) is 0 Å². The highest BCUT2D eigenvalue weighted by molar-refractivity contribution is 5.80. The Bertz CT molecular complexity index is 382. The van der Waals surface area contributed by atoms with Crippen molar-refractivity contribution in [1.82, 2.24) is 0 Å². The lowest BCUT2D eigenvalue weighted by molar-refractivity contribution is -0.119. The fraction of sp³-hybridized carbons (Fsp3) is 0.533. The first-order valence-electron chi connectivity index (χ1n) is 6.08. The van der Waals surface area contributed by atoms with Crippen LogP contribution < -0.4 is 5.73 Å². The maximum atomic E-state index is 11.0. The molecule has 0 bridgehead atoms. The molecule has 1 amide bonds. The largest absolute Gasteiger partial charge is 0.369 e. The predicted octanol–water partition coefficient (Wildman–Crippen LogP) is 3.21. The number of primary amides is 1. The number of allylic oxidation sites excluding steroid dienone is 5. The summed E-state index contributed by atoms with van der Waals surface area (Å²) in [5.74, 6) is 0.107. The number of carbonyl (C=O) groups is 1. The minimum atomic E-state index is -0.195. The summed E-state index contributed by atoms with van der Waals surface area (Å²) in [6.45, 7) is 12.5. The number of rotatable bonds is 4. The minimum Gasteiger partial charge on any atom is -0.369 e. The molecule has 0 heterocycles. The van der Waals surface area contributed by atoms with E-state index in [9.17, 15) is 4.79 Å². The summed E-state index contributed by atoms with van der Waals surface area (Å²) in [6.07, 6.45) is 6.89. The van der Waals surface area contributed by atoms with Gasteiger partial charge in [-0.25, -0.2) is 0 Å². The molecule has 2 atom stereocenters. The molecule has 0 saturated heterocycles. The van der Waals surface area contributed by atoms with Crippen molar-refractivity contribution in [3.63, 3.8) is 0 Å². The second-order valence-electron chi connectivity index (χ2n) is 5.82. The van der Waals surface area contributed by atoms with Crippen LogP contribution in [-0.2, 0) is 4.79 Å². The molecular weight excluding hydrogens is 210 g/mol. The molecule has 2 heteroatoms. The molecule has 1 fully saturated rings. The molecule has 1 aliphatic rings. The number of hydrogen-bond donors (Lipinski definition) is 1. The van der Waals surface area contributed by atoms with Gasteiger partial charge in [0.05, 0.1) is 0 Å². The fourth-order valence-corrected chi connectivity index (χ4v) is 1.69. The van der Waals surface area contributed by atoms with E-state index in [1.165, 1.54) is 5.57 Å². The van der Waals surface area contributed by atoms with Crippen LogP contribution in [0.2, 0.25) is 0 Å². The van der Waals surface area contributed by atoms with Gasteiger partial charge >= 0.3 is 0 Å². The Labute approximate surface area is 104 Å². The molecule has 0 aromatic carbocycles. The van der Waals surface area contributed by atoms with Crippen molar-refractivity contribution >= 4 is 5.91 Å². The highest BCUT2D eigenvalue weighted by atomic mass is 16.1. The van der Waals surface area contributed by atoms with Gasteiger partial charge < -0.3 is 5.73 Å². The van der Waals surface area contributed by atoms with E-state index in [-0.39, 0.29) is 23.2 Å². The first-order chi connectivity index (χ1) is 7.77.